The van der Waals surface area contributed by atoms with Crippen molar-refractivity contribution >= 4 is 11.6 Å². The molecule has 2 aliphatic rings. The van der Waals surface area contributed by atoms with E-state index in [2.05, 4.69) is 10.1 Å². The monoisotopic (exact) mass is 472 g/mol. The van der Waals surface area contributed by atoms with Crippen molar-refractivity contribution in [2.75, 3.05) is 12.1 Å². The minimum absolute atomic E-state index is 0. The summed E-state index contributed by atoms with van der Waals surface area (Å²) in [5.41, 5.74) is 7.57. The second-order valence-corrected chi connectivity index (χ2v) is 8.22. The van der Waals surface area contributed by atoms with Crippen LogP contribution in [0.1, 0.15) is 25.4 Å². The number of halogens is 3. The van der Waals surface area contributed by atoms with Crippen LogP contribution >= 0.6 is 0 Å². The van der Waals surface area contributed by atoms with Gasteiger partial charge in [0.15, 0.2) is 11.5 Å². The number of alkyl halides is 3. The average molecular weight is 472 g/mol. The molecule has 1 fully saturated rings. The molecule has 0 saturated heterocycles. The zero-order chi connectivity index (χ0) is 23.9. The summed E-state index contributed by atoms with van der Waals surface area (Å²) in [5.74, 6) is 0.603. The van der Waals surface area contributed by atoms with Crippen LogP contribution in [0.5, 0.6) is 17.2 Å². The Morgan fingerprint density at radius 2 is 1.79 bits per heavy atom. The molecule has 1 aliphatic carbocycles. The number of nitrogens with one attached hydrogen (secondary N) is 1. The SMILES string of the molecule is NCc1ccccc1-c1cc(NC(=O)C2(c3ccc4c(c3)OCO4)CC2)ccc1OC(F)(F)F.[HH]. The highest BCUT2D eigenvalue weighted by Crippen LogP contribution is 2.51. The first-order valence-electron chi connectivity index (χ1n) is 10.7. The molecule has 1 heterocycles. The molecule has 34 heavy (non-hydrogen) atoms. The molecular weight excluding hydrogens is 449 g/mol. The number of benzene rings is 3. The molecule has 0 unspecified atom stereocenters. The summed E-state index contributed by atoms with van der Waals surface area (Å²) < 4.78 is 54.2. The minimum atomic E-state index is -4.87. The Bertz CT molecular complexity index is 1260. The molecule has 0 bridgehead atoms. The van der Waals surface area contributed by atoms with E-state index in [4.69, 9.17) is 15.2 Å². The van der Waals surface area contributed by atoms with Crippen LogP contribution in [0.25, 0.3) is 11.1 Å². The highest BCUT2D eigenvalue weighted by Gasteiger charge is 2.51. The van der Waals surface area contributed by atoms with Crippen LogP contribution in [-0.2, 0) is 16.8 Å². The fourth-order valence-corrected chi connectivity index (χ4v) is 4.21. The van der Waals surface area contributed by atoms with Crippen LogP contribution in [0.3, 0.4) is 0 Å². The van der Waals surface area contributed by atoms with Crippen molar-refractivity contribution in [1.29, 1.82) is 0 Å². The van der Waals surface area contributed by atoms with Crippen molar-refractivity contribution in [1.82, 2.24) is 0 Å². The molecule has 3 aromatic rings. The number of ether oxygens (including phenoxy) is 3. The van der Waals surface area contributed by atoms with E-state index in [1.165, 1.54) is 18.2 Å². The first kappa shape index (κ1) is 22.1. The fourth-order valence-electron chi connectivity index (χ4n) is 4.21. The van der Waals surface area contributed by atoms with E-state index in [9.17, 15) is 18.0 Å². The molecule has 0 spiro atoms. The van der Waals surface area contributed by atoms with Gasteiger partial charge in [-0.3, -0.25) is 4.79 Å². The maximum Gasteiger partial charge on any atom is 0.573 e. The summed E-state index contributed by atoms with van der Waals surface area (Å²) in [4.78, 5) is 13.3. The predicted molar refractivity (Wildman–Crippen MR) is 121 cm³/mol. The highest BCUT2D eigenvalue weighted by molar-refractivity contribution is 6.02. The van der Waals surface area contributed by atoms with Crippen LogP contribution in [0.2, 0.25) is 0 Å². The molecular formula is C25H23F3N2O4. The average Bonchev–Trinajstić information content (AvgIpc) is 3.50. The smallest absolute Gasteiger partial charge is 0.454 e. The van der Waals surface area contributed by atoms with Crippen molar-refractivity contribution in [2.24, 2.45) is 5.73 Å². The lowest BCUT2D eigenvalue weighted by molar-refractivity contribution is -0.274. The third kappa shape index (κ3) is 4.14. The molecule has 5 rings (SSSR count). The lowest BCUT2D eigenvalue weighted by Crippen LogP contribution is -2.27. The number of nitrogens with two attached hydrogens (primary N) is 1. The second kappa shape index (κ2) is 8.25. The standard InChI is InChI=1S/C25H21F3N2O4.H2/c26-25(27,28)34-20-8-6-17(12-19(20)18-4-2-1-3-15(18)13-29)30-23(31)24(9-10-24)16-5-7-21-22(11-16)33-14-32-21;/h1-8,11-12H,9-10,13-14,29H2,(H,30,31);1H. The van der Waals surface area contributed by atoms with Crippen LogP contribution in [0.4, 0.5) is 18.9 Å². The van der Waals surface area contributed by atoms with E-state index in [-0.39, 0.29) is 32.0 Å². The Balaban J connectivity index is 0.00000289. The quantitative estimate of drug-likeness (QED) is 0.505. The zero-order valence-electron chi connectivity index (χ0n) is 17.9. The molecule has 9 heteroatoms. The van der Waals surface area contributed by atoms with Gasteiger partial charge in [0.05, 0.1) is 5.41 Å². The van der Waals surface area contributed by atoms with Gasteiger partial charge in [-0.1, -0.05) is 30.3 Å². The van der Waals surface area contributed by atoms with E-state index in [0.717, 1.165) is 5.56 Å². The molecule has 0 radical (unpaired) electrons. The zero-order valence-corrected chi connectivity index (χ0v) is 17.9. The molecule has 178 valence electrons. The number of fused-ring (bicyclic) bond motifs is 1. The molecule has 1 amide bonds. The number of carbonyl (C=O) groups excluding carboxylic acids is 1. The summed E-state index contributed by atoms with van der Waals surface area (Å²) in [6.07, 6.45) is -3.57. The normalized spacial score (nSPS) is 15.6. The van der Waals surface area contributed by atoms with Gasteiger partial charge in [-0.2, -0.15) is 0 Å². The Kier molecular flexibility index (Phi) is 5.36. The van der Waals surface area contributed by atoms with Gasteiger partial charge < -0.3 is 25.3 Å². The number of rotatable bonds is 6. The minimum Gasteiger partial charge on any atom is -0.454 e. The summed E-state index contributed by atoms with van der Waals surface area (Å²) in [6.45, 7) is 0.267. The molecule has 0 atom stereocenters. The van der Waals surface area contributed by atoms with E-state index in [1.807, 2.05) is 6.07 Å². The van der Waals surface area contributed by atoms with Gasteiger partial charge in [-0.15, -0.1) is 13.2 Å². The van der Waals surface area contributed by atoms with Crippen LogP contribution < -0.4 is 25.3 Å². The lowest BCUT2D eigenvalue weighted by Gasteiger charge is -2.19. The van der Waals surface area contributed by atoms with Crippen molar-refractivity contribution in [3.63, 3.8) is 0 Å². The number of carbonyl (C=O) groups is 1. The van der Waals surface area contributed by atoms with Gasteiger partial charge in [-0.05, 0) is 59.9 Å². The Morgan fingerprint density at radius 1 is 1.03 bits per heavy atom. The maximum absolute atomic E-state index is 13.3. The Morgan fingerprint density at radius 3 is 2.53 bits per heavy atom. The molecule has 6 nitrogen and oxygen atoms in total. The van der Waals surface area contributed by atoms with E-state index >= 15 is 0 Å². The molecule has 3 aromatic carbocycles. The van der Waals surface area contributed by atoms with E-state index in [0.29, 0.717) is 41.2 Å². The second-order valence-electron chi connectivity index (χ2n) is 8.22. The van der Waals surface area contributed by atoms with Crippen molar-refractivity contribution in [3.8, 4) is 28.4 Å². The van der Waals surface area contributed by atoms with Gasteiger partial charge >= 0.3 is 6.36 Å². The van der Waals surface area contributed by atoms with E-state index in [1.54, 1.807) is 36.4 Å². The van der Waals surface area contributed by atoms with Crippen molar-refractivity contribution in [2.45, 2.75) is 31.2 Å². The fraction of sp³-hybridized carbons (Fsp3) is 0.240. The predicted octanol–water partition coefficient (Wildman–Crippen LogP) is 5.36. The highest BCUT2D eigenvalue weighted by atomic mass is 19.4. The van der Waals surface area contributed by atoms with Gasteiger partial charge in [0, 0.05) is 19.2 Å². The van der Waals surface area contributed by atoms with Crippen LogP contribution in [0.15, 0.2) is 60.7 Å². The van der Waals surface area contributed by atoms with E-state index < -0.39 is 11.8 Å². The third-order valence-corrected chi connectivity index (χ3v) is 6.10. The van der Waals surface area contributed by atoms with Gasteiger partial charge in [0.2, 0.25) is 12.7 Å². The number of hydrogen-bond donors (Lipinski definition) is 2. The first-order chi connectivity index (χ1) is 16.3. The van der Waals surface area contributed by atoms with Crippen LogP contribution in [-0.4, -0.2) is 19.1 Å². The third-order valence-electron chi connectivity index (χ3n) is 6.10. The molecule has 0 aromatic heterocycles. The summed E-state index contributed by atoms with van der Waals surface area (Å²) in [5, 5.41) is 2.87. The number of anilines is 1. The first-order valence-corrected chi connectivity index (χ1v) is 10.7. The molecule has 3 N–H and O–H groups in total. The number of amides is 1. The van der Waals surface area contributed by atoms with Crippen molar-refractivity contribution in [3.05, 3.63) is 71.8 Å². The summed E-state index contributed by atoms with van der Waals surface area (Å²) in [7, 11) is 0. The Hall–Kier alpha value is -3.72. The largest absolute Gasteiger partial charge is 0.573 e. The number of hydrogen-bond acceptors (Lipinski definition) is 5. The van der Waals surface area contributed by atoms with Gasteiger partial charge in [0.25, 0.3) is 0 Å². The molecule has 1 aliphatic heterocycles. The maximum atomic E-state index is 13.3. The summed E-state index contributed by atoms with van der Waals surface area (Å²) >= 11 is 0. The van der Waals surface area contributed by atoms with Gasteiger partial charge in [-0.25, -0.2) is 0 Å². The lowest BCUT2D eigenvalue weighted by atomic mass is 9.94. The van der Waals surface area contributed by atoms with Crippen molar-refractivity contribution < 1.29 is 33.6 Å². The topological polar surface area (TPSA) is 82.8 Å². The summed E-state index contributed by atoms with van der Waals surface area (Å²) in [6, 6.07) is 16.3. The van der Waals surface area contributed by atoms with Gasteiger partial charge in [0.1, 0.15) is 5.75 Å². The Labute approximate surface area is 194 Å². The molecule has 1 saturated carbocycles. The van der Waals surface area contributed by atoms with Crippen LogP contribution in [0, 0.1) is 0 Å².